The fraction of sp³-hybridized carbons (Fsp3) is 0.154. The van der Waals surface area contributed by atoms with Gasteiger partial charge in [0.05, 0.1) is 5.69 Å². The molecule has 76 valence electrons. The summed E-state index contributed by atoms with van der Waals surface area (Å²) >= 11 is 1.82. The van der Waals surface area contributed by atoms with Crippen molar-refractivity contribution < 1.29 is 0 Å². The van der Waals surface area contributed by atoms with E-state index in [0.29, 0.717) is 0 Å². The Morgan fingerprint density at radius 2 is 1.87 bits per heavy atom. The molecule has 0 N–H and O–H groups in total. The molecule has 0 amide bonds. The molecule has 0 fully saturated rings. The van der Waals surface area contributed by atoms with Gasteiger partial charge >= 0.3 is 0 Å². The van der Waals surface area contributed by atoms with Gasteiger partial charge in [-0.2, -0.15) is 0 Å². The van der Waals surface area contributed by atoms with Gasteiger partial charge in [0.25, 0.3) is 0 Å². The summed E-state index contributed by atoms with van der Waals surface area (Å²) < 4.78 is 0. The first-order chi connectivity index (χ1) is 7.34. The third-order valence-electron chi connectivity index (χ3n) is 2.13. The number of aromatic nitrogens is 1. The minimum Gasteiger partial charge on any atom is -0.260 e. The molecule has 0 spiro atoms. The number of benzene rings is 1. The minimum absolute atomic E-state index is 0.934. The summed E-state index contributed by atoms with van der Waals surface area (Å²) in [6, 6.07) is 14.6. The molecule has 15 heavy (non-hydrogen) atoms. The van der Waals surface area contributed by atoms with Crippen LogP contribution < -0.4 is 0 Å². The van der Waals surface area contributed by atoms with Crippen molar-refractivity contribution in [2.75, 3.05) is 0 Å². The van der Waals surface area contributed by atoms with E-state index < -0.39 is 0 Å². The van der Waals surface area contributed by atoms with E-state index in [1.54, 1.807) is 0 Å². The first kappa shape index (κ1) is 10.2. The van der Waals surface area contributed by atoms with Crippen molar-refractivity contribution >= 4 is 11.8 Å². The van der Waals surface area contributed by atoms with Crippen LogP contribution in [0.3, 0.4) is 0 Å². The van der Waals surface area contributed by atoms with Crippen LogP contribution in [-0.2, 0) is 5.75 Å². The van der Waals surface area contributed by atoms with Gasteiger partial charge in [0.1, 0.15) is 0 Å². The lowest BCUT2D eigenvalue weighted by Crippen LogP contribution is -1.84. The number of thioether (sulfide) groups is 1. The highest BCUT2D eigenvalue weighted by atomic mass is 32.2. The lowest BCUT2D eigenvalue weighted by Gasteiger charge is -2.01. The Kier molecular flexibility index (Phi) is 3.41. The van der Waals surface area contributed by atoms with Gasteiger partial charge in [0.2, 0.25) is 0 Å². The Bertz CT molecular complexity index is 408. The summed E-state index contributed by atoms with van der Waals surface area (Å²) in [5, 5.41) is 0. The molecule has 0 aliphatic rings. The van der Waals surface area contributed by atoms with E-state index in [9.17, 15) is 0 Å². The van der Waals surface area contributed by atoms with E-state index in [0.717, 1.165) is 11.4 Å². The molecule has 1 nitrogen and oxygen atoms in total. The fourth-order valence-electron chi connectivity index (χ4n) is 1.28. The molecule has 0 unspecified atom stereocenters. The molecule has 1 heterocycles. The summed E-state index contributed by atoms with van der Waals surface area (Å²) in [5.41, 5.74) is 2.43. The molecule has 2 aromatic rings. The summed E-state index contributed by atoms with van der Waals surface area (Å²) in [6.45, 7) is 2.10. The third-order valence-corrected chi connectivity index (χ3v) is 3.18. The highest BCUT2D eigenvalue weighted by Crippen LogP contribution is 2.21. The monoisotopic (exact) mass is 215 g/mol. The summed E-state index contributed by atoms with van der Waals surface area (Å²) in [7, 11) is 0. The maximum atomic E-state index is 4.29. The van der Waals surface area contributed by atoms with Crippen LogP contribution in [0.1, 0.15) is 11.3 Å². The quantitative estimate of drug-likeness (QED) is 0.724. The largest absolute Gasteiger partial charge is 0.260 e. The molecule has 2 rings (SSSR count). The van der Waals surface area contributed by atoms with Crippen molar-refractivity contribution in [2.45, 2.75) is 17.6 Å². The zero-order valence-corrected chi connectivity index (χ0v) is 9.50. The Labute approximate surface area is 94.6 Å². The number of hydrogen-bond acceptors (Lipinski definition) is 2. The highest BCUT2D eigenvalue weighted by molar-refractivity contribution is 7.98. The second kappa shape index (κ2) is 4.99. The van der Waals surface area contributed by atoms with Gasteiger partial charge in [0.15, 0.2) is 0 Å². The Hall–Kier alpha value is -1.28. The summed E-state index contributed by atoms with van der Waals surface area (Å²) in [5.74, 6) is 0.934. The fourth-order valence-corrected chi connectivity index (χ4v) is 2.09. The highest BCUT2D eigenvalue weighted by Gasteiger charge is 1.96. The molecule has 0 radical (unpaired) electrons. The molecule has 0 atom stereocenters. The Morgan fingerprint density at radius 3 is 2.53 bits per heavy atom. The van der Waals surface area contributed by atoms with Crippen LogP contribution in [0.2, 0.25) is 0 Å². The third kappa shape index (κ3) is 3.10. The number of pyridine rings is 1. The van der Waals surface area contributed by atoms with Gasteiger partial charge in [-0.05, 0) is 31.2 Å². The normalized spacial score (nSPS) is 10.2. The second-order valence-electron chi connectivity index (χ2n) is 3.42. The molecule has 0 bridgehead atoms. The van der Waals surface area contributed by atoms with E-state index >= 15 is 0 Å². The van der Waals surface area contributed by atoms with Crippen LogP contribution in [0.5, 0.6) is 0 Å². The van der Waals surface area contributed by atoms with Crippen molar-refractivity contribution in [3.8, 4) is 0 Å². The average Bonchev–Trinajstić information content (AvgIpc) is 2.30. The average molecular weight is 215 g/mol. The molecular formula is C13H13NS. The van der Waals surface area contributed by atoms with Gasteiger partial charge in [0, 0.05) is 16.8 Å². The first-order valence-corrected chi connectivity index (χ1v) is 5.92. The Morgan fingerprint density at radius 1 is 1.07 bits per heavy atom. The minimum atomic E-state index is 0.934. The maximum Gasteiger partial charge on any atom is 0.0506 e. The van der Waals surface area contributed by atoms with E-state index in [2.05, 4.69) is 42.2 Å². The molecule has 0 saturated carbocycles. The Balaban J connectivity index is 1.96. The topological polar surface area (TPSA) is 12.9 Å². The number of hydrogen-bond donors (Lipinski definition) is 0. The van der Waals surface area contributed by atoms with E-state index in [4.69, 9.17) is 0 Å². The lowest BCUT2D eigenvalue weighted by molar-refractivity contribution is 1.17. The van der Waals surface area contributed by atoms with Crippen molar-refractivity contribution in [1.29, 1.82) is 0 Å². The van der Waals surface area contributed by atoms with Crippen LogP contribution in [0.25, 0.3) is 0 Å². The lowest BCUT2D eigenvalue weighted by atomic mass is 10.2. The summed E-state index contributed by atoms with van der Waals surface area (Å²) in [6.07, 6.45) is 1.84. The van der Waals surface area contributed by atoms with Gasteiger partial charge in [-0.3, -0.25) is 4.98 Å². The predicted octanol–water partition coefficient (Wildman–Crippen LogP) is 3.68. The van der Waals surface area contributed by atoms with Gasteiger partial charge in [-0.25, -0.2) is 0 Å². The van der Waals surface area contributed by atoms with Gasteiger partial charge < -0.3 is 0 Å². The number of nitrogens with zero attached hydrogens (tertiary/aromatic N) is 1. The standard InChI is InChI=1S/C13H13NS/c1-11-5-7-13(8-6-11)15-10-12-4-2-3-9-14-12/h2-9H,10H2,1H3. The van der Waals surface area contributed by atoms with Crippen LogP contribution in [0.15, 0.2) is 53.6 Å². The van der Waals surface area contributed by atoms with E-state index in [-0.39, 0.29) is 0 Å². The molecule has 1 aromatic carbocycles. The van der Waals surface area contributed by atoms with Crippen molar-refractivity contribution in [1.82, 2.24) is 4.98 Å². The zero-order chi connectivity index (χ0) is 10.5. The number of aryl methyl sites for hydroxylation is 1. The van der Waals surface area contributed by atoms with Crippen LogP contribution in [-0.4, -0.2) is 4.98 Å². The molecular weight excluding hydrogens is 202 g/mol. The molecule has 0 saturated heterocycles. The van der Waals surface area contributed by atoms with Crippen molar-refractivity contribution in [2.24, 2.45) is 0 Å². The number of rotatable bonds is 3. The van der Waals surface area contributed by atoms with Crippen LogP contribution >= 0.6 is 11.8 Å². The predicted molar refractivity (Wildman–Crippen MR) is 65.0 cm³/mol. The molecule has 1 aromatic heterocycles. The maximum absolute atomic E-state index is 4.29. The first-order valence-electron chi connectivity index (χ1n) is 4.94. The van der Waals surface area contributed by atoms with Gasteiger partial charge in [-0.15, -0.1) is 11.8 Å². The SMILES string of the molecule is Cc1ccc(SCc2ccccn2)cc1. The van der Waals surface area contributed by atoms with Crippen molar-refractivity contribution in [3.63, 3.8) is 0 Å². The van der Waals surface area contributed by atoms with Crippen LogP contribution in [0.4, 0.5) is 0 Å². The van der Waals surface area contributed by atoms with E-state index in [1.165, 1.54) is 10.5 Å². The van der Waals surface area contributed by atoms with Crippen molar-refractivity contribution in [3.05, 3.63) is 59.9 Å². The second-order valence-corrected chi connectivity index (χ2v) is 4.47. The summed E-state index contributed by atoms with van der Waals surface area (Å²) in [4.78, 5) is 5.59. The molecule has 0 aliphatic carbocycles. The van der Waals surface area contributed by atoms with Gasteiger partial charge in [-0.1, -0.05) is 23.8 Å². The molecule has 0 aliphatic heterocycles. The zero-order valence-electron chi connectivity index (χ0n) is 8.68. The van der Waals surface area contributed by atoms with Crippen LogP contribution in [0, 0.1) is 6.92 Å². The smallest absolute Gasteiger partial charge is 0.0506 e. The molecule has 2 heteroatoms. The van der Waals surface area contributed by atoms with E-state index in [1.807, 2.05) is 30.1 Å².